The molecule has 6 heteroatoms. The number of hydrogen-bond acceptors (Lipinski definition) is 2. The molecule has 1 rings (SSSR count). The van der Waals surface area contributed by atoms with Crippen LogP contribution in [0.25, 0.3) is 0 Å². The summed E-state index contributed by atoms with van der Waals surface area (Å²) >= 11 is 1.63. The van der Waals surface area contributed by atoms with Crippen molar-refractivity contribution in [1.82, 2.24) is 4.98 Å². The van der Waals surface area contributed by atoms with Gasteiger partial charge in [0.2, 0.25) is 0 Å². The summed E-state index contributed by atoms with van der Waals surface area (Å²) in [6.45, 7) is 0. The number of nitrogens with two attached hydrogens (primary N) is 1. The summed E-state index contributed by atoms with van der Waals surface area (Å²) in [7, 11) is 0. The number of nitrogen functional groups attached to an aromatic ring is 1. The standard InChI is InChI=1S/C6H5F2IN2O/c7-4(8)2-1-3(10)6(12)11-5(2)9/h1,4H,10H2,(H,11,12). The average molecular weight is 286 g/mol. The lowest BCUT2D eigenvalue weighted by Gasteiger charge is -2.02. The normalized spacial score (nSPS) is 10.7. The van der Waals surface area contributed by atoms with E-state index in [-0.39, 0.29) is 15.0 Å². The number of alkyl halides is 2. The van der Waals surface area contributed by atoms with Crippen LogP contribution in [0.1, 0.15) is 12.0 Å². The second-order valence-electron chi connectivity index (χ2n) is 2.12. The van der Waals surface area contributed by atoms with Crippen LogP contribution in [0.5, 0.6) is 0 Å². The van der Waals surface area contributed by atoms with E-state index in [2.05, 4.69) is 4.98 Å². The minimum atomic E-state index is -2.61. The monoisotopic (exact) mass is 286 g/mol. The third-order valence-corrected chi connectivity index (χ3v) is 2.18. The van der Waals surface area contributed by atoms with Crippen molar-refractivity contribution in [2.24, 2.45) is 0 Å². The van der Waals surface area contributed by atoms with Gasteiger partial charge in [-0.1, -0.05) is 0 Å². The van der Waals surface area contributed by atoms with E-state index in [1.54, 1.807) is 22.6 Å². The molecular weight excluding hydrogens is 281 g/mol. The predicted molar refractivity (Wildman–Crippen MR) is 49.1 cm³/mol. The van der Waals surface area contributed by atoms with Crippen molar-refractivity contribution in [3.05, 3.63) is 25.7 Å². The highest BCUT2D eigenvalue weighted by molar-refractivity contribution is 14.1. The topological polar surface area (TPSA) is 58.9 Å². The van der Waals surface area contributed by atoms with Gasteiger partial charge in [0.15, 0.2) is 0 Å². The van der Waals surface area contributed by atoms with Crippen LogP contribution in [0.3, 0.4) is 0 Å². The van der Waals surface area contributed by atoms with Crippen molar-refractivity contribution in [2.75, 3.05) is 5.73 Å². The molecule has 1 aromatic rings. The first-order valence-electron chi connectivity index (χ1n) is 2.98. The predicted octanol–water partition coefficient (Wildman–Crippen LogP) is 1.50. The molecule has 3 N–H and O–H groups in total. The highest BCUT2D eigenvalue weighted by Gasteiger charge is 2.13. The van der Waals surface area contributed by atoms with Gasteiger partial charge in [-0.15, -0.1) is 0 Å². The average Bonchev–Trinajstić information content (AvgIpc) is 1.96. The van der Waals surface area contributed by atoms with E-state index in [0.29, 0.717) is 0 Å². The summed E-state index contributed by atoms with van der Waals surface area (Å²) in [6.07, 6.45) is -2.61. The number of H-pyrrole nitrogens is 1. The van der Waals surface area contributed by atoms with E-state index >= 15 is 0 Å². The lowest BCUT2D eigenvalue weighted by molar-refractivity contribution is 0.150. The number of rotatable bonds is 1. The molecule has 3 nitrogen and oxygen atoms in total. The molecule has 12 heavy (non-hydrogen) atoms. The van der Waals surface area contributed by atoms with Gasteiger partial charge < -0.3 is 10.7 Å². The summed E-state index contributed by atoms with van der Waals surface area (Å²) < 4.78 is 24.4. The van der Waals surface area contributed by atoms with Gasteiger partial charge in [0.1, 0.15) is 0 Å². The van der Waals surface area contributed by atoms with Crippen molar-refractivity contribution < 1.29 is 8.78 Å². The molecule has 0 bridgehead atoms. The van der Waals surface area contributed by atoms with Gasteiger partial charge in [0, 0.05) is 5.56 Å². The zero-order valence-electron chi connectivity index (χ0n) is 5.77. The lowest BCUT2D eigenvalue weighted by atomic mass is 10.3. The molecule has 0 unspecified atom stereocenters. The molecule has 0 amide bonds. The number of halogens is 3. The highest BCUT2D eigenvalue weighted by Crippen LogP contribution is 2.22. The van der Waals surface area contributed by atoms with Crippen LogP contribution in [0.4, 0.5) is 14.5 Å². The van der Waals surface area contributed by atoms with Gasteiger partial charge in [0.25, 0.3) is 12.0 Å². The minimum absolute atomic E-state index is 0.127. The Morgan fingerprint density at radius 2 is 2.17 bits per heavy atom. The Balaban J connectivity index is 3.33. The SMILES string of the molecule is Nc1cc(C(F)F)c(I)[nH]c1=O. The first-order valence-corrected chi connectivity index (χ1v) is 4.06. The van der Waals surface area contributed by atoms with Crippen molar-refractivity contribution in [3.63, 3.8) is 0 Å². The first kappa shape index (κ1) is 9.43. The lowest BCUT2D eigenvalue weighted by Crippen LogP contribution is -2.14. The number of nitrogens with one attached hydrogen (secondary N) is 1. The van der Waals surface area contributed by atoms with Gasteiger partial charge in [0.05, 0.1) is 9.39 Å². The zero-order chi connectivity index (χ0) is 9.30. The third-order valence-electron chi connectivity index (χ3n) is 1.29. The van der Waals surface area contributed by atoms with Crippen LogP contribution in [0.15, 0.2) is 10.9 Å². The molecule has 0 aliphatic rings. The van der Waals surface area contributed by atoms with Crippen molar-refractivity contribution in [3.8, 4) is 0 Å². The van der Waals surface area contributed by atoms with E-state index in [1.165, 1.54) is 0 Å². The molecular formula is C6H5F2IN2O. The fourth-order valence-electron chi connectivity index (χ4n) is 0.699. The molecule has 0 radical (unpaired) electrons. The van der Waals surface area contributed by atoms with E-state index < -0.39 is 12.0 Å². The van der Waals surface area contributed by atoms with Gasteiger partial charge in [-0.2, -0.15) is 0 Å². The molecule has 0 aliphatic heterocycles. The molecule has 0 spiro atoms. The molecule has 0 aromatic carbocycles. The van der Waals surface area contributed by atoms with Crippen LogP contribution in [-0.2, 0) is 0 Å². The Kier molecular flexibility index (Phi) is 2.65. The van der Waals surface area contributed by atoms with Crippen LogP contribution >= 0.6 is 22.6 Å². The van der Waals surface area contributed by atoms with Crippen LogP contribution in [0, 0.1) is 3.70 Å². The van der Waals surface area contributed by atoms with Crippen LogP contribution < -0.4 is 11.3 Å². The van der Waals surface area contributed by atoms with Gasteiger partial charge in [-0.3, -0.25) is 4.79 Å². The van der Waals surface area contributed by atoms with Crippen molar-refractivity contribution >= 4 is 28.3 Å². The van der Waals surface area contributed by atoms with E-state index in [1.807, 2.05) is 0 Å². The van der Waals surface area contributed by atoms with Crippen LogP contribution in [0.2, 0.25) is 0 Å². The van der Waals surface area contributed by atoms with Gasteiger partial charge in [-0.25, -0.2) is 8.78 Å². The Morgan fingerprint density at radius 1 is 1.58 bits per heavy atom. The summed E-state index contributed by atoms with van der Waals surface area (Å²) in [5.74, 6) is 0. The number of aromatic amines is 1. The van der Waals surface area contributed by atoms with Crippen LogP contribution in [-0.4, -0.2) is 4.98 Å². The Morgan fingerprint density at radius 3 is 2.67 bits per heavy atom. The molecule has 1 aromatic heterocycles. The van der Waals surface area contributed by atoms with Crippen molar-refractivity contribution in [1.29, 1.82) is 0 Å². The second-order valence-corrected chi connectivity index (χ2v) is 3.20. The molecule has 0 fully saturated rings. The molecule has 0 saturated carbocycles. The Hall–Kier alpha value is -0.660. The Bertz CT molecular complexity index is 350. The molecule has 0 saturated heterocycles. The van der Waals surface area contributed by atoms with Crippen molar-refractivity contribution in [2.45, 2.75) is 6.43 Å². The quantitative estimate of drug-likeness (QED) is 0.607. The fraction of sp³-hybridized carbons (Fsp3) is 0.167. The Labute approximate surface area is 80.1 Å². The second kappa shape index (κ2) is 3.38. The highest BCUT2D eigenvalue weighted by atomic mass is 127. The van der Waals surface area contributed by atoms with E-state index in [9.17, 15) is 13.6 Å². The molecule has 1 heterocycles. The summed E-state index contributed by atoms with van der Waals surface area (Å²) in [6, 6.07) is 0.991. The number of aromatic nitrogens is 1. The summed E-state index contributed by atoms with van der Waals surface area (Å²) in [5.41, 5.74) is 4.18. The fourth-order valence-corrected chi connectivity index (χ4v) is 1.34. The maximum Gasteiger partial charge on any atom is 0.271 e. The van der Waals surface area contributed by atoms with E-state index in [4.69, 9.17) is 5.73 Å². The third kappa shape index (κ3) is 1.74. The summed E-state index contributed by atoms with van der Waals surface area (Å²) in [5, 5.41) is 0. The number of anilines is 1. The maximum absolute atomic E-state index is 12.2. The minimum Gasteiger partial charge on any atom is -0.394 e. The molecule has 66 valence electrons. The maximum atomic E-state index is 12.2. The number of hydrogen-bond donors (Lipinski definition) is 2. The molecule has 0 atom stereocenters. The molecule has 0 aliphatic carbocycles. The largest absolute Gasteiger partial charge is 0.394 e. The van der Waals surface area contributed by atoms with Gasteiger partial charge in [-0.05, 0) is 28.7 Å². The van der Waals surface area contributed by atoms with E-state index in [0.717, 1.165) is 6.07 Å². The zero-order valence-corrected chi connectivity index (χ0v) is 7.93. The number of pyridine rings is 1. The first-order chi connectivity index (χ1) is 5.52. The summed E-state index contributed by atoms with van der Waals surface area (Å²) in [4.78, 5) is 13.0. The smallest absolute Gasteiger partial charge is 0.271 e. The van der Waals surface area contributed by atoms with Gasteiger partial charge >= 0.3 is 0 Å².